The van der Waals surface area contributed by atoms with Crippen LogP contribution in [0.4, 0.5) is 70.2 Å². The van der Waals surface area contributed by atoms with Gasteiger partial charge in [0, 0.05) is 0 Å². The Morgan fingerprint density at radius 3 is 1.10 bits per heavy atom. The Hall–Kier alpha value is -0.700. The fourth-order valence-corrected chi connectivity index (χ4v) is 2.24. The van der Waals surface area contributed by atoms with Crippen LogP contribution in [-0.2, 0) is 14.8 Å². The zero-order chi connectivity index (χ0) is 24.3. The molecule has 0 aliphatic rings. The normalized spacial score (nSPS) is 15.5. The van der Waals surface area contributed by atoms with Gasteiger partial charge in [-0.15, -0.1) is 0 Å². The minimum Gasteiger partial charge on any atom is -0.537 e. The standard InChI is InChI=1S/C8HF16NO3S.Na/c9-2(10,3(11,12)4(13,14)6(16,17)18)1(26)25-29(27,28)5(15,7(19,20)21)8(22,23)24;/h(H,25,26);/q;+1/p-1. The van der Waals surface area contributed by atoms with Crippen molar-refractivity contribution < 1.29 is 113 Å². The van der Waals surface area contributed by atoms with Crippen LogP contribution in [0.25, 0.3) is 4.72 Å². The third kappa shape index (κ3) is 4.57. The van der Waals surface area contributed by atoms with Gasteiger partial charge in [-0.1, -0.05) is 0 Å². The van der Waals surface area contributed by atoms with Crippen molar-refractivity contribution in [1.82, 2.24) is 0 Å². The van der Waals surface area contributed by atoms with Gasteiger partial charge < -0.3 is 9.52 Å². The molecule has 0 N–H and O–H groups in total. The summed E-state index contributed by atoms with van der Waals surface area (Å²) in [6, 6.07) is 0. The van der Waals surface area contributed by atoms with Crippen LogP contribution in [0.15, 0.2) is 0 Å². The Balaban J connectivity index is 0. The van der Waals surface area contributed by atoms with E-state index in [9.17, 15) is 83.5 Å². The number of carbonyl (C=O) groups excluding carboxylic acids is 1. The Kier molecular flexibility index (Phi) is 8.41. The van der Waals surface area contributed by atoms with Crippen LogP contribution in [0.1, 0.15) is 0 Å². The van der Waals surface area contributed by atoms with Crippen LogP contribution in [0.3, 0.4) is 0 Å². The van der Waals surface area contributed by atoms with Gasteiger partial charge >= 0.3 is 70.9 Å². The van der Waals surface area contributed by atoms with Gasteiger partial charge in [-0.05, 0) is 0 Å². The number of hydrogen-bond acceptors (Lipinski definition) is 3. The van der Waals surface area contributed by atoms with E-state index in [1.807, 2.05) is 0 Å². The molecule has 4 nitrogen and oxygen atoms in total. The maximum atomic E-state index is 13.2. The Morgan fingerprint density at radius 2 is 0.867 bits per heavy atom. The van der Waals surface area contributed by atoms with Gasteiger partial charge in [0.05, 0.1) is 0 Å². The van der Waals surface area contributed by atoms with E-state index in [0.29, 0.717) is 0 Å². The van der Waals surface area contributed by atoms with Crippen LogP contribution < -0.4 is 29.6 Å². The van der Waals surface area contributed by atoms with Gasteiger partial charge in [-0.2, -0.15) is 65.9 Å². The second-order valence-electron chi connectivity index (χ2n) is 4.68. The summed E-state index contributed by atoms with van der Waals surface area (Å²) in [7, 11) is -8.34. The van der Waals surface area contributed by atoms with E-state index in [4.69, 9.17) is 0 Å². The maximum absolute atomic E-state index is 13.2. The predicted molar refractivity (Wildman–Crippen MR) is 54.1 cm³/mol. The maximum Gasteiger partial charge on any atom is 1.00 e. The molecule has 0 aromatic rings. The molecule has 0 atom stereocenters. The molecule has 0 saturated carbocycles. The molecule has 0 aromatic heterocycles. The van der Waals surface area contributed by atoms with Gasteiger partial charge in [0.2, 0.25) is 0 Å². The third-order valence-corrected chi connectivity index (χ3v) is 4.28. The zero-order valence-electron chi connectivity index (χ0n) is 13.1. The van der Waals surface area contributed by atoms with Crippen molar-refractivity contribution in [2.75, 3.05) is 0 Å². The molecule has 0 aliphatic heterocycles. The zero-order valence-corrected chi connectivity index (χ0v) is 15.9. The smallest absolute Gasteiger partial charge is 0.537 e. The Labute approximate surface area is 175 Å². The molecule has 0 bridgehead atoms. The van der Waals surface area contributed by atoms with Crippen molar-refractivity contribution in [3.63, 3.8) is 0 Å². The first-order chi connectivity index (χ1) is 12.1. The van der Waals surface area contributed by atoms with E-state index >= 15 is 0 Å². The van der Waals surface area contributed by atoms with Crippen LogP contribution >= 0.6 is 0 Å². The molecule has 0 radical (unpaired) electrons. The quantitative estimate of drug-likeness (QED) is 0.411. The molecule has 0 spiro atoms. The third-order valence-electron chi connectivity index (χ3n) is 2.70. The van der Waals surface area contributed by atoms with E-state index in [1.165, 1.54) is 0 Å². The summed E-state index contributed by atoms with van der Waals surface area (Å²) in [4.78, 5) is 10.6. The van der Waals surface area contributed by atoms with Crippen molar-refractivity contribution in [3.8, 4) is 0 Å². The number of carbonyl (C=O) groups is 1. The Morgan fingerprint density at radius 1 is 0.567 bits per heavy atom. The number of amides is 1. The molecule has 30 heavy (non-hydrogen) atoms. The first kappa shape index (κ1) is 31.5. The summed E-state index contributed by atoms with van der Waals surface area (Å²) in [6.07, 6.45) is -22.9. The van der Waals surface area contributed by atoms with Crippen LogP contribution in [0, 0.1) is 0 Å². The van der Waals surface area contributed by atoms with Gasteiger partial charge in [0.25, 0.3) is 0 Å². The molecule has 174 valence electrons. The summed E-state index contributed by atoms with van der Waals surface area (Å²) < 4.78 is 220. The minimum atomic E-state index is -8.34. The molecule has 0 aromatic carbocycles. The van der Waals surface area contributed by atoms with Crippen LogP contribution in [0.2, 0.25) is 0 Å². The van der Waals surface area contributed by atoms with Crippen molar-refractivity contribution >= 4 is 15.9 Å². The first-order valence-corrected chi connectivity index (χ1v) is 7.11. The molecule has 0 fully saturated rings. The fourth-order valence-electron chi connectivity index (χ4n) is 1.19. The summed E-state index contributed by atoms with van der Waals surface area (Å²) in [5.74, 6) is -28.4. The minimum absolute atomic E-state index is 0. The fraction of sp³-hybridized carbons (Fsp3) is 0.875. The van der Waals surface area contributed by atoms with Crippen LogP contribution in [0.5, 0.6) is 0 Å². The summed E-state index contributed by atoms with van der Waals surface area (Å²) in [6.45, 7) is 0. The summed E-state index contributed by atoms with van der Waals surface area (Å²) in [5.41, 5.74) is 0. The van der Waals surface area contributed by atoms with Gasteiger partial charge in [-0.3, -0.25) is 0 Å². The molecule has 22 heteroatoms. The van der Waals surface area contributed by atoms with Gasteiger partial charge in [-0.25, -0.2) is 12.8 Å². The molecule has 0 rings (SSSR count). The molecule has 0 aliphatic carbocycles. The number of sulfonamides is 1. The van der Waals surface area contributed by atoms with E-state index in [-0.39, 0.29) is 34.3 Å². The number of halogens is 16. The second-order valence-corrected chi connectivity index (χ2v) is 6.38. The van der Waals surface area contributed by atoms with E-state index in [2.05, 4.69) is 0 Å². The number of rotatable bonds is 5. The van der Waals surface area contributed by atoms with Gasteiger partial charge in [0.1, 0.15) is 5.91 Å². The van der Waals surface area contributed by atoms with Crippen molar-refractivity contribution in [2.45, 2.75) is 41.3 Å². The average molecular weight is 517 g/mol. The average Bonchev–Trinajstić information content (AvgIpc) is 2.41. The van der Waals surface area contributed by atoms with E-state index in [0.717, 1.165) is 0 Å². The molecule has 0 heterocycles. The van der Waals surface area contributed by atoms with Crippen molar-refractivity contribution in [3.05, 3.63) is 4.72 Å². The van der Waals surface area contributed by atoms with Crippen LogP contribution in [-0.4, -0.2) is 55.6 Å². The molecule has 0 saturated heterocycles. The molecular formula is C8F16NNaO3S. The van der Waals surface area contributed by atoms with Crippen molar-refractivity contribution in [1.29, 1.82) is 0 Å². The van der Waals surface area contributed by atoms with Crippen molar-refractivity contribution in [2.24, 2.45) is 0 Å². The summed E-state index contributed by atoms with van der Waals surface area (Å²) >= 11 is 0. The van der Waals surface area contributed by atoms with E-state index < -0.39 is 57.2 Å². The second kappa shape index (κ2) is 8.01. The topological polar surface area (TPSA) is 65.3 Å². The first-order valence-electron chi connectivity index (χ1n) is 5.67. The molecule has 1 amide bonds. The van der Waals surface area contributed by atoms with Gasteiger partial charge in [0.15, 0.2) is 10.0 Å². The SMILES string of the molecule is O=C([N-]S(=O)(=O)C(F)(C(F)(F)F)C(F)(F)F)C(F)(F)C(F)(F)C(F)(F)C(F)(F)F.[Na+]. The van der Waals surface area contributed by atoms with E-state index in [1.54, 1.807) is 0 Å². The number of alkyl halides is 16. The molecule has 0 unspecified atom stereocenters. The number of hydrogen-bond donors (Lipinski definition) is 0. The number of nitrogens with zero attached hydrogens (tertiary/aromatic N) is 1. The molecular weight excluding hydrogens is 517 g/mol. The summed E-state index contributed by atoms with van der Waals surface area (Å²) in [5, 5.41) is -7.69. The largest absolute Gasteiger partial charge is 1.00 e. The monoisotopic (exact) mass is 517 g/mol. The Bertz CT molecular complexity index is 736. The predicted octanol–water partition coefficient (Wildman–Crippen LogP) is 1.48.